The van der Waals surface area contributed by atoms with E-state index in [9.17, 15) is 14.4 Å². The number of imide groups is 1. The van der Waals surface area contributed by atoms with Crippen molar-refractivity contribution in [3.8, 4) is 11.5 Å². The predicted octanol–water partition coefficient (Wildman–Crippen LogP) is 2.93. The van der Waals surface area contributed by atoms with Gasteiger partial charge in [0.15, 0.2) is 16.6 Å². The van der Waals surface area contributed by atoms with Crippen LogP contribution in [0.3, 0.4) is 0 Å². The van der Waals surface area contributed by atoms with Crippen LogP contribution in [-0.4, -0.2) is 68.0 Å². The Morgan fingerprint density at radius 2 is 1.65 bits per heavy atom. The summed E-state index contributed by atoms with van der Waals surface area (Å²) in [6.07, 6.45) is 0.434. The molecule has 3 aromatic rings. The number of ether oxygens (including phenoxy) is 2. The molecular formula is C24H24N4O5S. The highest BCUT2D eigenvalue weighted by Crippen LogP contribution is 2.39. The Morgan fingerprint density at radius 3 is 2.29 bits per heavy atom. The molecule has 3 amide bonds. The van der Waals surface area contributed by atoms with Crippen molar-refractivity contribution < 1.29 is 23.9 Å². The van der Waals surface area contributed by atoms with E-state index in [0.29, 0.717) is 54.2 Å². The van der Waals surface area contributed by atoms with Crippen LogP contribution in [0.15, 0.2) is 36.4 Å². The maximum Gasteiger partial charge on any atom is 0.260 e. The van der Waals surface area contributed by atoms with Gasteiger partial charge < -0.3 is 14.4 Å². The lowest BCUT2D eigenvalue weighted by Crippen LogP contribution is -2.36. The molecule has 10 heteroatoms. The minimum absolute atomic E-state index is 0.205. The van der Waals surface area contributed by atoms with Gasteiger partial charge in [-0.05, 0) is 38.4 Å². The largest absolute Gasteiger partial charge is 0.486 e. The van der Waals surface area contributed by atoms with Gasteiger partial charge in [-0.3, -0.25) is 24.2 Å². The molecule has 0 radical (unpaired) electrons. The first-order valence-electron chi connectivity index (χ1n) is 11.0. The fourth-order valence-electron chi connectivity index (χ4n) is 3.93. The standard InChI is InChI=1S/C24H24N4O5S/c1-26(2)9-10-27(24-25-17-13-18-19(14-20(17)34-24)33-12-11-32-18)23(31)15-3-5-16(6-4-15)28-21(29)7-8-22(28)30/h3-6,13-14H,7-12H2,1-2H3. The zero-order valence-electron chi connectivity index (χ0n) is 18.9. The molecule has 1 fully saturated rings. The summed E-state index contributed by atoms with van der Waals surface area (Å²) in [4.78, 5) is 47.1. The Morgan fingerprint density at radius 1 is 1.00 bits per heavy atom. The average Bonchev–Trinajstić information content (AvgIpc) is 3.39. The first kappa shape index (κ1) is 22.3. The molecule has 2 aromatic carbocycles. The van der Waals surface area contributed by atoms with Crippen molar-refractivity contribution in [2.24, 2.45) is 0 Å². The summed E-state index contributed by atoms with van der Waals surface area (Å²) in [5.74, 6) is 0.692. The molecule has 1 saturated heterocycles. The van der Waals surface area contributed by atoms with Crippen LogP contribution in [0.25, 0.3) is 10.2 Å². The van der Waals surface area contributed by atoms with E-state index in [0.717, 1.165) is 10.2 Å². The van der Waals surface area contributed by atoms with Crippen molar-refractivity contribution in [3.63, 3.8) is 0 Å². The van der Waals surface area contributed by atoms with Gasteiger partial charge in [-0.25, -0.2) is 4.98 Å². The smallest absolute Gasteiger partial charge is 0.260 e. The van der Waals surface area contributed by atoms with Crippen LogP contribution in [0.1, 0.15) is 23.2 Å². The minimum Gasteiger partial charge on any atom is -0.486 e. The lowest BCUT2D eigenvalue weighted by Gasteiger charge is -2.22. The van der Waals surface area contributed by atoms with E-state index in [1.54, 1.807) is 29.2 Å². The number of nitrogens with zero attached hydrogens (tertiary/aromatic N) is 4. The van der Waals surface area contributed by atoms with E-state index in [1.807, 2.05) is 31.1 Å². The Hall–Kier alpha value is -3.50. The third kappa shape index (κ3) is 4.22. The number of hydrogen-bond donors (Lipinski definition) is 0. The second kappa shape index (κ2) is 9.03. The van der Waals surface area contributed by atoms with Crippen LogP contribution in [-0.2, 0) is 9.59 Å². The summed E-state index contributed by atoms with van der Waals surface area (Å²) < 4.78 is 12.3. The van der Waals surface area contributed by atoms with Crippen molar-refractivity contribution in [3.05, 3.63) is 42.0 Å². The fourth-order valence-corrected chi connectivity index (χ4v) is 4.93. The molecule has 0 spiro atoms. The zero-order chi connectivity index (χ0) is 23.8. The van der Waals surface area contributed by atoms with Gasteiger partial charge in [0, 0.05) is 43.6 Å². The van der Waals surface area contributed by atoms with Crippen molar-refractivity contribution in [2.75, 3.05) is 50.2 Å². The molecule has 9 nitrogen and oxygen atoms in total. The summed E-state index contributed by atoms with van der Waals surface area (Å²) >= 11 is 1.42. The summed E-state index contributed by atoms with van der Waals surface area (Å²) in [5.41, 5.74) is 1.68. The molecule has 0 bridgehead atoms. The number of anilines is 2. The maximum absolute atomic E-state index is 13.5. The molecule has 5 rings (SSSR count). The summed E-state index contributed by atoms with van der Waals surface area (Å²) in [7, 11) is 3.89. The van der Waals surface area contributed by atoms with Gasteiger partial charge in [-0.15, -0.1) is 0 Å². The number of amides is 3. The zero-order valence-corrected chi connectivity index (χ0v) is 19.8. The highest BCUT2D eigenvalue weighted by atomic mass is 32.1. The summed E-state index contributed by atoms with van der Waals surface area (Å²) in [6, 6.07) is 10.3. The van der Waals surface area contributed by atoms with Crippen molar-refractivity contribution in [2.45, 2.75) is 12.8 Å². The number of thiazole rings is 1. The quantitative estimate of drug-likeness (QED) is 0.501. The Labute approximate surface area is 200 Å². The van der Waals surface area contributed by atoms with E-state index in [2.05, 4.69) is 0 Å². The molecule has 0 saturated carbocycles. The normalized spacial score (nSPS) is 15.4. The molecule has 2 aliphatic rings. The van der Waals surface area contributed by atoms with E-state index >= 15 is 0 Å². The lowest BCUT2D eigenvalue weighted by molar-refractivity contribution is -0.121. The first-order valence-corrected chi connectivity index (χ1v) is 11.8. The SMILES string of the molecule is CN(C)CCN(C(=O)c1ccc(N2C(=O)CCC2=O)cc1)c1nc2cc3c(cc2s1)OCCO3. The van der Waals surface area contributed by atoms with Crippen LogP contribution in [0.4, 0.5) is 10.8 Å². The number of likely N-dealkylation sites (N-methyl/N-ethyl adjacent to an activating group) is 1. The van der Waals surface area contributed by atoms with Crippen LogP contribution < -0.4 is 19.3 Å². The van der Waals surface area contributed by atoms with Crippen LogP contribution in [0.2, 0.25) is 0 Å². The van der Waals surface area contributed by atoms with Crippen molar-refractivity contribution >= 4 is 50.1 Å². The number of benzene rings is 2. The molecule has 0 N–H and O–H groups in total. The van der Waals surface area contributed by atoms with Crippen LogP contribution >= 0.6 is 11.3 Å². The van der Waals surface area contributed by atoms with Crippen LogP contribution in [0.5, 0.6) is 11.5 Å². The monoisotopic (exact) mass is 480 g/mol. The number of fused-ring (bicyclic) bond motifs is 2. The summed E-state index contributed by atoms with van der Waals surface area (Å²) in [5, 5.41) is 0.582. The second-order valence-corrected chi connectivity index (χ2v) is 9.40. The van der Waals surface area contributed by atoms with Crippen LogP contribution in [0, 0.1) is 0 Å². The lowest BCUT2D eigenvalue weighted by atomic mass is 10.1. The van der Waals surface area contributed by atoms with Crippen molar-refractivity contribution in [1.82, 2.24) is 9.88 Å². The molecule has 176 valence electrons. The number of hydrogen-bond acceptors (Lipinski definition) is 8. The molecule has 2 aliphatic heterocycles. The molecule has 1 aromatic heterocycles. The number of carbonyl (C=O) groups is 3. The van der Waals surface area contributed by atoms with Gasteiger partial charge in [0.05, 0.1) is 15.9 Å². The first-order chi connectivity index (χ1) is 16.4. The predicted molar refractivity (Wildman–Crippen MR) is 129 cm³/mol. The Balaban J connectivity index is 1.45. The second-order valence-electron chi connectivity index (χ2n) is 8.39. The van der Waals surface area contributed by atoms with Gasteiger partial charge in [-0.1, -0.05) is 11.3 Å². The third-order valence-corrected chi connectivity index (χ3v) is 6.75. The van der Waals surface area contributed by atoms with Gasteiger partial charge in [0.2, 0.25) is 11.8 Å². The summed E-state index contributed by atoms with van der Waals surface area (Å²) in [6.45, 7) is 2.10. The molecule has 0 aliphatic carbocycles. The molecule has 0 atom stereocenters. The van der Waals surface area contributed by atoms with Crippen molar-refractivity contribution in [1.29, 1.82) is 0 Å². The topological polar surface area (TPSA) is 92.3 Å². The van der Waals surface area contributed by atoms with E-state index in [1.165, 1.54) is 16.2 Å². The van der Waals surface area contributed by atoms with E-state index < -0.39 is 0 Å². The van der Waals surface area contributed by atoms with Gasteiger partial charge in [0.25, 0.3) is 5.91 Å². The third-order valence-electron chi connectivity index (χ3n) is 5.71. The molecule has 0 unspecified atom stereocenters. The Kier molecular flexibility index (Phi) is 5.93. The maximum atomic E-state index is 13.5. The highest BCUT2D eigenvalue weighted by molar-refractivity contribution is 7.22. The van der Waals surface area contributed by atoms with Gasteiger partial charge in [-0.2, -0.15) is 0 Å². The van der Waals surface area contributed by atoms with Gasteiger partial charge >= 0.3 is 0 Å². The fraction of sp³-hybridized carbons (Fsp3) is 0.333. The molecular weight excluding hydrogens is 456 g/mol. The average molecular weight is 481 g/mol. The number of carbonyl (C=O) groups excluding carboxylic acids is 3. The number of rotatable bonds is 6. The van der Waals surface area contributed by atoms with E-state index in [-0.39, 0.29) is 30.6 Å². The van der Waals surface area contributed by atoms with Gasteiger partial charge in [0.1, 0.15) is 13.2 Å². The van der Waals surface area contributed by atoms with E-state index in [4.69, 9.17) is 14.5 Å². The molecule has 34 heavy (non-hydrogen) atoms. The molecule has 3 heterocycles. The number of aromatic nitrogens is 1. The minimum atomic E-state index is -0.221. The highest BCUT2D eigenvalue weighted by Gasteiger charge is 2.30. The Bertz CT molecular complexity index is 1210.